The number of ether oxygens (including phenoxy) is 1. The van der Waals surface area contributed by atoms with Crippen LogP contribution in [0, 0.1) is 5.92 Å². The Balaban J connectivity index is 1.28. The zero-order chi connectivity index (χ0) is 25.7. The van der Waals surface area contributed by atoms with E-state index in [4.69, 9.17) is 4.74 Å². The van der Waals surface area contributed by atoms with Gasteiger partial charge in [-0.25, -0.2) is 9.97 Å². The van der Waals surface area contributed by atoms with Gasteiger partial charge in [-0.3, -0.25) is 9.79 Å². The van der Waals surface area contributed by atoms with E-state index >= 15 is 0 Å². The van der Waals surface area contributed by atoms with Crippen molar-refractivity contribution in [2.75, 3.05) is 32.5 Å². The van der Waals surface area contributed by atoms with Crippen molar-refractivity contribution in [3.05, 3.63) is 40.0 Å². The van der Waals surface area contributed by atoms with Crippen LogP contribution in [0.5, 0.6) is 5.75 Å². The zero-order valence-corrected chi connectivity index (χ0v) is 22.8. The van der Waals surface area contributed by atoms with Gasteiger partial charge in [0.1, 0.15) is 22.7 Å². The highest BCUT2D eigenvalue weighted by atomic mass is 32.1. The summed E-state index contributed by atoms with van der Waals surface area (Å²) in [5.74, 6) is 1.96. The van der Waals surface area contributed by atoms with Crippen molar-refractivity contribution in [3.8, 4) is 5.75 Å². The molecule has 1 N–H and O–H groups in total. The Morgan fingerprint density at radius 2 is 2.11 bits per heavy atom. The van der Waals surface area contributed by atoms with E-state index in [0.29, 0.717) is 18.5 Å². The number of aryl methyl sites for hydroxylation is 1. The molecule has 3 aliphatic rings. The van der Waals surface area contributed by atoms with Crippen LogP contribution in [0.15, 0.2) is 23.5 Å². The van der Waals surface area contributed by atoms with Crippen molar-refractivity contribution in [1.82, 2.24) is 19.8 Å². The Hall–Kier alpha value is -3.04. The molecule has 0 saturated carbocycles. The number of carbonyl (C=O) groups excluding carboxylic acids is 1. The number of carbonyl (C=O) groups is 1. The van der Waals surface area contributed by atoms with E-state index in [9.17, 15) is 4.79 Å². The number of anilines is 2. The molecule has 8 nitrogen and oxygen atoms in total. The molecule has 0 bridgehead atoms. The summed E-state index contributed by atoms with van der Waals surface area (Å²) in [7, 11) is 4.20. The monoisotopic (exact) mass is 518 g/mol. The molecule has 6 rings (SSSR count). The molecule has 2 aromatic heterocycles. The molecule has 2 aliphatic heterocycles. The number of nitrogens with one attached hydrogen (secondary N) is 1. The number of hydrogen-bond donors (Lipinski definition) is 1. The van der Waals surface area contributed by atoms with E-state index in [-0.39, 0.29) is 12.0 Å². The molecular weight excluding hydrogens is 484 g/mol. The molecule has 1 amide bonds. The molecule has 1 fully saturated rings. The first-order valence-corrected chi connectivity index (χ1v) is 14.0. The van der Waals surface area contributed by atoms with Crippen molar-refractivity contribution in [1.29, 1.82) is 0 Å². The maximum absolute atomic E-state index is 13.4. The van der Waals surface area contributed by atoms with E-state index in [0.717, 1.165) is 71.8 Å². The molecule has 1 aromatic carbocycles. The number of amides is 1. The summed E-state index contributed by atoms with van der Waals surface area (Å²) in [5, 5.41) is 4.65. The van der Waals surface area contributed by atoms with Crippen molar-refractivity contribution in [2.45, 2.75) is 58.2 Å². The van der Waals surface area contributed by atoms with Gasteiger partial charge in [0.05, 0.1) is 23.7 Å². The molecule has 37 heavy (non-hydrogen) atoms. The number of aliphatic imine (C=N–C) groups is 1. The molecule has 1 aliphatic carbocycles. The van der Waals surface area contributed by atoms with E-state index in [1.54, 1.807) is 17.7 Å². The van der Waals surface area contributed by atoms with Crippen LogP contribution in [-0.4, -0.2) is 71.2 Å². The highest BCUT2D eigenvalue weighted by Crippen LogP contribution is 2.42. The maximum atomic E-state index is 13.4. The smallest absolute Gasteiger partial charge is 0.226 e. The number of benzene rings is 1. The van der Waals surface area contributed by atoms with Crippen molar-refractivity contribution in [3.63, 3.8) is 0 Å². The van der Waals surface area contributed by atoms with Crippen LogP contribution in [0.4, 0.5) is 11.5 Å². The average Bonchev–Trinajstić information content (AvgIpc) is 3.61. The van der Waals surface area contributed by atoms with E-state index < -0.39 is 0 Å². The van der Waals surface area contributed by atoms with Crippen molar-refractivity contribution >= 4 is 45.2 Å². The number of likely N-dealkylation sites (tertiary alicyclic amines) is 1. The topological polar surface area (TPSA) is 82.9 Å². The minimum absolute atomic E-state index is 0.0490. The molecule has 1 saturated heterocycles. The maximum Gasteiger partial charge on any atom is 0.226 e. The van der Waals surface area contributed by atoms with Gasteiger partial charge in [-0.15, -0.1) is 11.3 Å². The number of fused-ring (bicyclic) bond motifs is 4. The molecule has 3 aromatic rings. The zero-order valence-electron chi connectivity index (χ0n) is 22.0. The van der Waals surface area contributed by atoms with Crippen LogP contribution >= 0.6 is 11.3 Å². The Morgan fingerprint density at radius 3 is 2.89 bits per heavy atom. The summed E-state index contributed by atoms with van der Waals surface area (Å²) in [5.41, 5.74) is 4.45. The van der Waals surface area contributed by atoms with Crippen LogP contribution in [0.1, 0.15) is 48.3 Å². The number of likely N-dealkylation sites (N-methyl/N-ethyl adjacent to an activating group) is 1. The number of rotatable bonds is 6. The molecule has 2 atom stereocenters. The van der Waals surface area contributed by atoms with Crippen molar-refractivity contribution in [2.24, 2.45) is 10.9 Å². The lowest BCUT2D eigenvalue weighted by Gasteiger charge is -2.27. The lowest BCUT2D eigenvalue weighted by atomic mass is 9.87. The van der Waals surface area contributed by atoms with E-state index in [1.807, 2.05) is 20.1 Å². The second-order valence-corrected chi connectivity index (χ2v) is 11.9. The molecule has 0 radical (unpaired) electrons. The number of thiophene rings is 1. The summed E-state index contributed by atoms with van der Waals surface area (Å²) in [6.07, 6.45) is 7.17. The Bertz CT molecular complexity index is 1380. The molecule has 9 heteroatoms. The van der Waals surface area contributed by atoms with Crippen LogP contribution < -0.4 is 10.1 Å². The quantitative estimate of drug-likeness (QED) is 0.520. The fourth-order valence-corrected chi connectivity index (χ4v) is 7.02. The number of hydrogen-bond acceptors (Lipinski definition) is 8. The van der Waals surface area contributed by atoms with Gasteiger partial charge in [-0.2, -0.15) is 0 Å². The first kappa shape index (κ1) is 24.3. The molecule has 194 valence electrons. The van der Waals surface area contributed by atoms with Gasteiger partial charge < -0.3 is 19.9 Å². The molecule has 0 unspecified atom stereocenters. The third kappa shape index (κ3) is 4.59. The van der Waals surface area contributed by atoms with Gasteiger partial charge in [-0.1, -0.05) is 0 Å². The number of nitrogens with zero attached hydrogens (tertiary/aromatic N) is 5. The Morgan fingerprint density at radius 1 is 1.24 bits per heavy atom. The second-order valence-electron chi connectivity index (χ2n) is 10.8. The second kappa shape index (κ2) is 9.68. The first-order valence-electron chi connectivity index (χ1n) is 13.2. The number of aromatic nitrogens is 2. The van der Waals surface area contributed by atoms with Crippen LogP contribution in [0.3, 0.4) is 0 Å². The van der Waals surface area contributed by atoms with Gasteiger partial charge >= 0.3 is 0 Å². The molecular formula is C28H34N6O2S. The Labute approximate surface area is 221 Å². The first-order chi connectivity index (χ1) is 17.9. The van der Waals surface area contributed by atoms with Gasteiger partial charge in [0.2, 0.25) is 5.91 Å². The fourth-order valence-electron chi connectivity index (χ4n) is 5.75. The van der Waals surface area contributed by atoms with Gasteiger partial charge in [0, 0.05) is 36.1 Å². The molecule has 4 heterocycles. The van der Waals surface area contributed by atoms with Gasteiger partial charge in [0.15, 0.2) is 0 Å². The lowest BCUT2D eigenvalue weighted by molar-refractivity contribution is -0.134. The fraction of sp³-hybridized carbons (Fsp3) is 0.500. The minimum atomic E-state index is 0.0490. The average molecular weight is 519 g/mol. The third-order valence-corrected chi connectivity index (χ3v) is 8.91. The highest BCUT2D eigenvalue weighted by molar-refractivity contribution is 7.19. The summed E-state index contributed by atoms with van der Waals surface area (Å²) < 4.78 is 6.16. The van der Waals surface area contributed by atoms with Crippen LogP contribution in [-0.2, 0) is 24.2 Å². The summed E-state index contributed by atoms with van der Waals surface area (Å²) >= 11 is 1.71. The minimum Gasteiger partial charge on any atom is -0.489 e. The van der Waals surface area contributed by atoms with E-state index in [2.05, 4.69) is 56.3 Å². The third-order valence-electron chi connectivity index (χ3n) is 7.75. The van der Waals surface area contributed by atoms with Crippen molar-refractivity contribution < 1.29 is 9.53 Å². The molecule has 0 spiro atoms. The Kier molecular flexibility index (Phi) is 6.36. The van der Waals surface area contributed by atoms with Gasteiger partial charge in [0.25, 0.3) is 0 Å². The standard InChI is InChI=1S/C28H34N6O2S/c1-16(2)36-23-10-19-13-29-12-18(19)9-22(23)32-26-25-21-6-5-17(11-24(21)37-27(25)31-15-30-26)28(35)34-8-7-20(14-34)33(3)4/h9-10,12,15-17,20H,5-8,11,13-14H2,1-4H3,(H,30,31,32)/t17-,20+/m0/s1. The summed E-state index contributed by atoms with van der Waals surface area (Å²) in [6.45, 7) is 6.46. The van der Waals surface area contributed by atoms with Crippen LogP contribution in [0.25, 0.3) is 10.2 Å². The highest BCUT2D eigenvalue weighted by Gasteiger charge is 2.35. The van der Waals surface area contributed by atoms with Gasteiger partial charge in [-0.05, 0) is 82.4 Å². The van der Waals surface area contributed by atoms with E-state index in [1.165, 1.54) is 16.0 Å². The largest absolute Gasteiger partial charge is 0.489 e. The van der Waals surface area contributed by atoms with Crippen LogP contribution in [0.2, 0.25) is 0 Å². The lowest BCUT2D eigenvalue weighted by Crippen LogP contribution is -2.39. The summed E-state index contributed by atoms with van der Waals surface area (Å²) in [6, 6.07) is 4.65. The normalized spacial score (nSPS) is 20.6. The predicted molar refractivity (Wildman–Crippen MR) is 148 cm³/mol. The SMILES string of the molecule is CC(C)Oc1cc2c(cc1Nc1ncnc3sc4c(c13)CC[C@H](C(=O)N1CC[C@@H](N(C)C)C1)C4)C=NC2. The predicted octanol–water partition coefficient (Wildman–Crippen LogP) is 4.42. The summed E-state index contributed by atoms with van der Waals surface area (Å²) in [4.78, 5) is 33.6.